The number of rotatable bonds is 6. The number of carbonyl (C=O) groups excluding carboxylic acids is 1. The van der Waals surface area contributed by atoms with Crippen LogP contribution in [-0.4, -0.2) is 36.0 Å². The second kappa shape index (κ2) is 7.40. The lowest BCUT2D eigenvalue weighted by Gasteiger charge is -2.20. The third kappa shape index (κ3) is 3.71. The van der Waals surface area contributed by atoms with Crippen molar-refractivity contribution in [2.75, 3.05) is 25.0 Å². The summed E-state index contributed by atoms with van der Waals surface area (Å²) in [5.74, 6) is 1.68. The van der Waals surface area contributed by atoms with E-state index < -0.39 is 0 Å². The number of nitrogens with zero attached hydrogens (tertiary/aromatic N) is 3. The third-order valence-electron chi connectivity index (χ3n) is 3.73. The highest BCUT2D eigenvalue weighted by molar-refractivity contribution is 7.13. The van der Waals surface area contributed by atoms with Crippen molar-refractivity contribution < 1.29 is 4.79 Å². The number of amides is 1. The van der Waals surface area contributed by atoms with Crippen molar-refractivity contribution >= 4 is 34.0 Å². The first-order valence-corrected chi connectivity index (χ1v) is 8.79. The highest BCUT2D eigenvalue weighted by Gasteiger charge is 2.13. The van der Waals surface area contributed by atoms with Crippen LogP contribution in [0.2, 0.25) is 0 Å². The summed E-state index contributed by atoms with van der Waals surface area (Å²) in [4.78, 5) is 23.6. The van der Waals surface area contributed by atoms with Crippen molar-refractivity contribution in [3.05, 3.63) is 41.8 Å². The number of fused-ring (bicyclic) bond motifs is 1. The SMILES string of the molecule is CC(=O)NCCCN(C)c1nc(-c2cccs2)nc2ccccc12. The number of thiophene rings is 1. The molecule has 0 radical (unpaired) electrons. The number of benzene rings is 1. The van der Waals surface area contributed by atoms with Crippen LogP contribution in [0.5, 0.6) is 0 Å². The topological polar surface area (TPSA) is 58.1 Å². The van der Waals surface area contributed by atoms with E-state index in [1.807, 2.05) is 48.8 Å². The standard InChI is InChI=1S/C18H20N4OS/c1-13(23)19-10-6-11-22(2)18-14-7-3-4-8-15(14)20-17(21-18)16-9-5-12-24-16/h3-5,7-9,12H,6,10-11H2,1-2H3,(H,19,23). The van der Waals surface area contributed by atoms with E-state index in [1.165, 1.54) is 6.92 Å². The molecule has 6 heteroatoms. The minimum Gasteiger partial charge on any atom is -0.359 e. The van der Waals surface area contributed by atoms with Gasteiger partial charge in [0, 0.05) is 32.4 Å². The minimum atomic E-state index is 0.00474. The van der Waals surface area contributed by atoms with Crippen LogP contribution in [0.15, 0.2) is 41.8 Å². The van der Waals surface area contributed by atoms with Gasteiger partial charge in [-0.05, 0) is 30.0 Å². The van der Waals surface area contributed by atoms with Gasteiger partial charge < -0.3 is 10.2 Å². The Kier molecular flexibility index (Phi) is 5.05. The predicted molar refractivity (Wildman–Crippen MR) is 99.4 cm³/mol. The molecule has 24 heavy (non-hydrogen) atoms. The van der Waals surface area contributed by atoms with E-state index in [-0.39, 0.29) is 5.91 Å². The summed E-state index contributed by atoms with van der Waals surface area (Å²) in [6.45, 7) is 3.01. The van der Waals surface area contributed by atoms with Crippen LogP contribution in [-0.2, 0) is 4.79 Å². The molecule has 0 saturated heterocycles. The number of anilines is 1. The van der Waals surface area contributed by atoms with Crippen LogP contribution >= 0.6 is 11.3 Å². The number of hydrogen-bond donors (Lipinski definition) is 1. The molecule has 0 aliphatic rings. The highest BCUT2D eigenvalue weighted by Crippen LogP contribution is 2.28. The van der Waals surface area contributed by atoms with Crippen molar-refractivity contribution in [2.24, 2.45) is 0 Å². The Hall–Kier alpha value is -2.47. The zero-order valence-electron chi connectivity index (χ0n) is 13.8. The molecule has 0 spiro atoms. The van der Waals surface area contributed by atoms with E-state index in [9.17, 15) is 4.79 Å². The Morgan fingerprint density at radius 2 is 2.04 bits per heavy atom. The van der Waals surface area contributed by atoms with E-state index in [0.29, 0.717) is 6.54 Å². The smallest absolute Gasteiger partial charge is 0.216 e. The van der Waals surface area contributed by atoms with Gasteiger partial charge in [-0.25, -0.2) is 9.97 Å². The molecule has 124 valence electrons. The second-order valence-corrected chi connectivity index (χ2v) is 6.57. The Bertz CT molecular complexity index is 832. The van der Waals surface area contributed by atoms with Crippen LogP contribution < -0.4 is 10.2 Å². The van der Waals surface area contributed by atoms with Crippen molar-refractivity contribution in [1.29, 1.82) is 0 Å². The maximum atomic E-state index is 11.0. The van der Waals surface area contributed by atoms with Gasteiger partial charge in [-0.1, -0.05) is 18.2 Å². The van der Waals surface area contributed by atoms with E-state index in [1.54, 1.807) is 11.3 Å². The fourth-order valence-electron chi connectivity index (χ4n) is 2.55. The Morgan fingerprint density at radius 3 is 2.79 bits per heavy atom. The van der Waals surface area contributed by atoms with Crippen molar-refractivity contribution in [3.63, 3.8) is 0 Å². The molecule has 2 aromatic heterocycles. The summed E-state index contributed by atoms with van der Waals surface area (Å²) in [5, 5.41) is 5.90. The van der Waals surface area contributed by atoms with Gasteiger partial charge in [0.05, 0.1) is 10.4 Å². The second-order valence-electron chi connectivity index (χ2n) is 5.62. The van der Waals surface area contributed by atoms with Gasteiger partial charge in [0.15, 0.2) is 5.82 Å². The Balaban J connectivity index is 1.89. The molecule has 1 aromatic carbocycles. The normalized spacial score (nSPS) is 10.8. The van der Waals surface area contributed by atoms with Crippen molar-refractivity contribution in [2.45, 2.75) is 13.3 Å². The first-order chi connectivity index (χ1) is 11.6. The number of para-hydroxylation sites is 1. The lowest BCUT2D eigenvalue weighted by molar-refractivity contribution is -0.118. The minimum absolute atomic E-state index is 0.00474. The Morgan fingerprint density at radius 1 is 1.21 bits per heavy atom. The Labute approximate surface area is 145 Å². The van der Waals surface area contributed by atoms with Gasteiger partial charge in [0.25, 0.3) is 0 Å². The summed E-state index contributed by atoms with van der Waals surface area (Å²) in [5.41, 5.74) is 0.944. The zero-order valence-corrected chi connectivity index (χ0v) is 14.6. The van der Waals surface area contributed by atoms with Gasteiger partial charge in [0.1, 0.15) is 5.82 Å². The molecule has 0 aliphatic heterocycles. The van der Waals surface area contributed by atoms with Crippen molar-refractivity contribution in [1.82, 2.24) is 15.3 Å². The fraction of sp³-hybridized carbons (Fsp3) is 0.278. The summed E-state index contributed by atoms with van der Waals surface area (Å²) in [6.07, 6.45) is 0.864. The summed E-state index contributed by atoms with van der Waals surface area (Å²) in [7, 11) is 2.03. The van der Waals surface area contributed by atoms with E-state index in [0.717, 1.165) is 40.4 Å². The molecule has 5 nitrogen and oxygen atoms in total. The van der Waals surface area contributed by atoms with E-state index >= 15 is 0 Å². The van der Waals surface area contributed by atoms with Gasteiger partial charge in [-0.3, -0.25) is 4.79 Å². The molecule has 1 N–H and O–H groups in total. The summed E-state index contributed by atoms with van der Waals surface area (Å²) in [6, 6.07) is 12.1. The first-order valence-electron chi connectivity index (χ1n) is 7.91. The van der Waals surface area contributed by atoms with Crippen LogP contribution in [0, 0.1) is 0 Å². The van der Waals surface area contributed by atoms with Crippen LogP contribution in [0.4, 0.5) is 5.82 Å². The average Bonchev–Trinajstić information content (AvgIpc) is 3.12. The quantitative estimate of drug-likeness (QED) is 0.699. The molecule has 0 saturated carbocycles. The van der Waals surface area contributed by atoms with Crippen LogP contribution in [0.1, 0.15) is 13.3 Å². The molecule has 3 aromatic rings. The van der Waals surface area contributed by atoms with Gasteiger partial charge in [-0.15, -0.1) is 11.3 Å². The summed E-state index contributed by atoms with van der Waals surface area (Å²) >= 11 is 1.64. The zero-order chi connectivity index (χ0) is 16.9. The van der Waals surface area contributed by atoms with E-state index in [2.05, 4.69) is 10.2 Å². The lowest BCUT2D eigenvalue weighted by Crippen LogP contribution is -2.27. The highest BCUT2D eigenvalue weighted by atomic mass is 32.1. The van der Waals surface area contributed by atoms with Gasteiger partial charge in [-0.2, -0.15) is 0 Å². The largest absolute Gasteiger partial charge is 0.359 e. The summed E-state index contributed by atoms with van der Waals surface area (Å²) < 4.78 is 0. The monoisotopic (exact) mass is 340 g/mol. The molecule has 0 atom stereocenters. The number of aromatic nitrogens is 2. The predicted octanol–water partition coefficient (Wildman–Crippen LogP) is 3.32. The fourth-order valence-corrected chi connectivity index (χ4v) is 3.21. The first kappa shape index (κ1) is 16.4. The van der Waals surface area contributed by atoms with Gasteiger partial charge >= 0.3 is 0 Å². The molecule has 3 rings (SSSR count). The molecular weight excluding hydrogens is 320 g/mol. The molecular formula is C18H20N4OS. The van der Waals surface area contributed by atoms with E-state index in [4.69, 9.17) is 9.97 Å². The number of nitrogens with one attached hydrogen (secondary N) is 1. The van der Waals surface area contributed by atoms with Crippen LogP contribution in [0.3, 0.4) is 0 Å². The maximum absolute atomic E-state index is 11.0. The molecule has 0 bridgehead atoms. The molecule has 0 fully saturated rings. The average molecular weight is 340 g/mol. The third-order valence-corrected chi connectivity index (χ3v) is 4.60. The van der Waals surface area contributed by atoms with Crippen molar-refractivity contribution in [3.8, 4) is 10.7 Å². The number of hydrogen-bond acceptors (Lipinski definition) is 5. The van der Waals surface area contributed by atoms with Gasteiger partial charge in [0.2, 0.25) is 5.91 Å². The molecule has 0 unspecified atom stereocenters. The molecule has 0 aliphatic carbocycles. The maximum Gasteiger partial charge on any atom is 0.216 e. The molecule has 2 heterocycles. The van der Waals surface area contributed by atoms with Crippen LogP contribution in [0.25, 0.3) is 21.6 Å². The number of carbonyl (C=O) groups is 1. The lowest BCUT2D eigenvalue weighted by atomic mass is 10.2. The molecule has 1 amide bonds.